The topological polar surface area (TPSA) is 93.2 Å². The molecule has 0 saturated heterocycles. The molecule has 0 atom stereocenters. The first-order valence-corrected chi connectivity index (χ1v) is 9.41. The Morgan fingerprint density at radius 3 is 2.21 bits per heavy atom. The van der Waals surface area contributed by atoms with E-state index in [1.54, 1.807) is 19.1 Å². The highest BCUT2D eigenvalue weighted by Gasteiger charge is 2.10. The second-order valence-corrected chi connectivity index (χ2v) is 7.38. The number of aromatic nitrogens is 2. The van der Waals surface area contributed by atoms with Gasteiger partial charge < -0.3 is 10.1 Å². The third-order valence-electron chi connectivity index (χ3n) is 2.90. The number of hydrogen-bond donors (Lipinski definition) is 2. The Labute approximate surface area is 142 Å². The Balaban J connectivity index is 1.98. The molecule has 130 valence electrons. The molecule has 0 amide bonds. The molecule has 8 heteroatoms. The summed E-state index contributed by atoms with van der Waals surface area (Å²) in [5.74, 6) is 1.57. The van der Waals surface area contributed by atoms with Gasteiger partial charge in [-0.1, -0.05) is 6.92 Å². The van der Waals surface area contributed by atoms with Gasteiger partial charge in [0.2, 0.25) is 10.0 Å². The number of hydrogen-bond acceptors (Lipinski definition) is 6. The predicted octanol–water partition coefficient (Wildman–Crippen LogP) is 3.16. The van der Waals surface area contributed by atoms with Crippen LogP contribution < -0.4 is 14.8 Å². The molecule has 24 heavy (non-hydrogen) atoms. The normalized spacial score (nSPS) is 11.3. The van der Waals surface area contributed by atoms with Crippen LogP contribution in [0.15, 0.2) is 36.4 Å². The molecule has 0 bridgehead atoms. The van der Waals surface area contributed by atoms with Gasteiger partial charge in [-0.15, -0.1) is 10.2 Å². The standard InChI is InChI=1S/C16H22N4O3S/c1-4-11-24(21,22)20-16-10-9-15(18-19-16)17-13-5-7-14(8-6-13)23-12(2)3/h5-10,12H,4,11H2,1-3H3,(H,17,18)(H,19,20). The zero-order valence-corrected chi connectivity index (χ0v) is 14.8. The van der Waals surface area contributed by atoms with Gasteiger partial charge in [-0.2, -0.15) is 0 Å². The molecule has 2 rings (SSSR count). The molecular formula is C16H22N4O3S. The Hall–Kier alpha value is -2.35. The lowest BCUT2D eigenvalue weighted by atomic mass is 10.3. The number of sulfonamides is 1. The first-order chi connectivity index (χ1) is 11.4. The average Bonchev–Trinajstić information content (AvgIpc) is 2.50. The van der Waals surface area contributed by atoms with Gasteiger partial charge in [-0.3, -0.25) is 4.72 Å². The van der Waals surface area contributed by atoms with E-state index in [0.29, 0.717) is 12.2 Å². The van der Waals surface area contributed by atoms with E-state index in [9.17, 15) is 8.42 Å². The summed E-state index contributed by atoms with van der Waals surface area (Å²) in [6.45, 7) is 5.74. The van der Waals surface area contributed by atoms with Crippen LogP contribution in [0.25, 0.3) is 0 Å². The first kappa shape index (κ1) is 18.0. The predicted molar refractivity (Wildman–Crippen MR) is 95.2 cm³/mol. The van der Waals surface area contributed by atoms with Crippen LogP contribution in [0.4, 0.5) is 17.3 Å². The van der Waals surface area contributed by atoms with Gasteiger partial charge in [-0.25, -0.2) is 8.42 Å². The van der Waals surface area contributed by atoms with Crippen molar-refractivity contribution in [1.29, 1.82) is 0 Å². The van der Waals surface area contributed by atoms with Crippen molar-refractivity contribution < 1.29 is 13.2 Å². The number of nitrogens with zero attached hydrogens (tertiary/aromatic N) is 2. The SMILES string of the molecule is CCCS(=O)(=O)Nc1ccc(Nc2ccc(OC(C)C)cc2)nn1. The van der Waals surface area contributed by atoms with E-state index in [1.807, 2.05) is 38.1 Å². The monoisotopic (exact) mass is 350 g/mol. The van der Waals surface area contributed by atoms with Crippen molar-refractivity contribution in [1.82, 2.24) is 10.2 Å². The molecule has 7 nitrogen and oxygen atoms in total. The lowest BCUT2D eigenvalue weighted by Crippen LogP contribution is -2.17. The summed E-state index contributed by atoms with van der Waals surface area (Å²) >= 11 is 0. The largest absolute Gasteiger partial charge is 0.491 e. The molecule has 0 fully saturated rings. The molecule has 0 aliphatic heterocycles. The van der Waals surface area contributed by atoms with Crippen LogP contribution in [0.2, 0.25) is 0 Å². The minimum absolute atomic E-state index is 0.0550. The minimum Gasteiger partial charge on any atom is -0.491 e. The van der Waals surface area contributed by atoms with E-state index in [1.165, 1.54) is 0 Å². The van der Waals surface area contributed by atoms with Crippen LogP contribution in [-0.2, 0) is 10.0 Å². The van der Waals surface area contributed by atoms with E-state index in [4.69, 9.17) is 4.74 Å². The molecule has 0 aliphatic carbocycles. The highest BCUT2D eigenvalue weighted by molar-refractivity contribution is 7.92. The lowest BCUT2D eigenvalue weighted by Gasteiger charge is -2.11. The zero-order chi connectivity index (χ0) is 17.6. The fourth-order valence-corrected chi connectivity index (χ4v) is 3.04. The summed E-state index contributed by atoms with van der Waals surface area (Å²) in [6, 6.07) is 10.7. The highest BCUT2D eigenvalue weighted by atomic mass is 32.2. The summed E-state index contributed by atoms with van der Waals surface area (Å²) in [5, 5.41) is 10.9. The van der Waals surface area contributed by atoms with Gasteiger partial charge in [0.25, 0.3) is 0 Å². The van der Waals surface area contributed by atoms with Crippen LogP contribution in [0, 0.1) is 0 Å². The summed E-state index contributed by atoms with van der Waals surface area (Å²) < 4.78 is 31.3. The van der Waals surface area contributed by atoms with Crippen LogP contribution in [0.5, 0.6) is 5.75 Å². The number of benzene rings is 1. The van der Waals surface area contributed by atoms with Crippen LogP contribution in [-0.4, -0.2) is 30.5 Å². The van der Waals surface area contributed by atoms with Crippen molar-refractivity contribution in [3.63, 3.8) is 0 Å². The molecule has 2 aromatic rings. The maximum absolute atomic E-state index is 11.7. The van der Waals surface area contributed by atoms with Gasteiger partial charge in [0.05, 0.1) is 11.9 Å². The Kier molecular flexibility index (Phi) is 5.97. The molecule has 1 aromatic heterocycles. The van der Waals surface area contributed by atoms with Crippen molar-refractivity contribution >= 4 is 27.3 Å². The second kappa shape index (κ2) is 7.96. The van der Waals surface area contributed by atoms with E-state index < -0.39 is 10.0 Å². The quantitative estimate of drug-likeness (QED) is 0.759. The zero-order valence-electron chi connectivity index (χ0n) is 14.0. The van der Waals surface area contributed by atoms with E-state index in [2.05, 4.69) is 20.2 Å². The summed E-state index contributed by atoms with van der Waals surface area (Å²) in [5.41, 5.74) is 0.833. The summed E-state index contributed by atoms with van der Waals surface area (Å²) in [6.07, 6.45) is 0.664. The molecule has 0 aliphatic rings. The van der Waals surface area contributed by atoms with Gasteiger partial charge in [0.1, 0.15) is 5.75 Å². The van der Waals surface area contributed by atoms with E-state index in [0.717, 1.165) is 11.4 Å². The smallest absolute Gasteiger partial charge is 0.233 e. The third kappa shape index (κ3) is 5.69. The molecule has 2 N–H and O–H groups in total. The molecule has 1 heterocycles. The second-order valence-electron chi connectivity index (χ2n) is 5.54. The molecule has 0 spiro atoms. The molecule has 0 unspecified atom stereocenters. The van der Waals surface area contributed by atoms with Crippen molar-refractivity contribution in [3.05, 3.63) is 36.4 Å². The maximum Gasteiger partial charge on any atom is 0.233 e. The van der Waals surface area contributed by atoms with Crippen molar-refractivity contribution in [2.24, 2.45) is 0 Å². The highest BCUT2D eigenvalue weighted by Crippen LogP contribution is 2.20. The van der Waals surface area contributed by atoms with Crippen LogP contribution >= 0.6 is 0 Å². The van der Waals surface area contributed by atoms with Crippen molar-refractivity contribution in [2.45, 2.75) is 33.3 Å². The average molecular weight is 350 g/mol. The van der Waals surface area contributed by atoms with Gasteiger partial charge in [0.15, 0.2) is 11.6 Å². The number of ether oxygens (including phenoxy) is 1. The fourth-order valence-electron chi connectivity index (χ4n) is 1.97. The Morgan fingerprint density at radius 2 is 1.67 bits per heavy atom. The summed E-state index contributed by atoms with van der Waals surface area (Å²) in [7, 11) is -3.36. The molecular weight excluding hydrogens is 328 g/mol. The Bertz CT molecular complexity index is 744. The lowest BCUT2D eigenvalue weighted by molar-refractivity contribution is 0.242. The van der Waals surface area contributed by atoms with Crippen LogP contribution in [0.3, 0.4) is 0 Å². The first-order valence-electron chi connectivity index (χ1n) is 7.76. The van der Waals surface area contributed by atoms with E-state index >= 15 is 0 Å². The van der Waals surface area contributed by atoms with Crippen LogP contribution in [0.1, 0.15) is 27.2 Å². The summed E-state index contributed by atoms with van der Waals surface area (Å²) in [4.78, 5) is 0. The third-order valence-corrected chi connectivity index (χ3v) is 4.36. The van der Waals surface area contributed by atoms with Crippen molar-refractivity contribution in [2.75, 3.05) is 15.8 Å². The number of rotatable bonds is 8. The van der Waals surface area contributed by atoms with Gasteiger partial charge >= 0.3 is 0 Å². The fraction of sp³-hybridized carbons (Fsp3) is 0.375. The molecule has 1 aromatic carbocycles. The number of anilines is 3. The molecule has 0 radical (unpaired) electrons. The maximum atomic E-state index is 11.7. The van der Waals surface area contributed by atoms with E-state index in [-0.39, 0.29) is 17.7 Å². The van der Waals surface area contributed by atoms with Gasteiger partial charge in [0, 0.05) is 5.69 Å². The minimum atomic E-state index is -3.36. The number of nitrogens with one attached hydrogen (secondary N) is 2. The Morgan fingerprint density at radius 1 is 1.04 bits per heavy atom. The molecule has 0 saturated carbocycles. The van der Waals surface area contributed by atoms with Crippen molar-refractivity contribution in [3.8, 4) is 5.75 Å². The van der Waals surface area contributed by atoms with Gasteiger partial charge in [-0.05, 0) is 56.7 Å².